The van der Waals surface area contributed by atoms with E-state index in [1.54, 1.807) is 4.90 Å². The first kappa shape index (κ1) is 23.3. The van der Waals surface area contributed by atoms with Gasteiger partial charge < -0.3 is 9.80 Å². The molecule has 0 atom stereocenters. The molecule has 1 saturated carbocycles. The van der Waals surface area contributed by atoms with Gasteiger partial charge in [0, 0.05) is 49.8 Å². The summed E-state index contributed by atoms with van der Waals surface area (Å²) >= 11 is 0. The number of piperazine rings is 1. The second-order valence-electron chi connectivity index (χ2n) is 9.47. The van der Waals surface area contributed by atoms with E-state index < -0.39 is 9.84 Å². The van der Waals surface area contributed by atoms with Crippen molar-refractivity contribution in [1.82, 2.24) is 9.88 Å². The number of nitriles is 1. The molecule has 1 aliphatic carbocycles. The van der Waals surface area contributed by atoms with Gasteiger partial charge in [-0.05, 0) is 42.0 Å². The van der Waals surface area contributed by atoms with Crippen LogP contribution in [0.1, 0.15) is 36.3 Å². The lowest BCUT2D eigenvalue weighted by atomic mass is 9.96. The highest BCUT2D eigenvalue weighted by atomic mass is 32.2. The molecule has 0 N–H and O–H groups in total. The Balaban J connectivity index is 1.41. The summed E-state index contributed by atoms with van der Waals surface area (Å²) in [7, 11) is -3.15. The zero-order chi connectivity index (χ0) is 24.6. The van der Waals surface area contributed by atoms with Crippen LogP contribution >= 0.6 is 0 Å². The molecule has 2 aromatic carbocycles. The average Bonchev–Trinajstić information content (AvgIpc) is 3.71. The van der Waals surface area contributed by atoms with Crippen molar-refractivity contribution in [2.24, 2.45) is 0 Å². The number of benzene rings is 2. The van der Waals surface area contributed by atoms with E-state index in [0.29, 0.717) is 37.7 Å². The first-order chi connectivity index (χ1) is 16.8. The van der Waals surface area contributed by atoms with E-state index in [-0.39, 0.29) is 18.1 Å². The fraction of sp³-hybridized carbons (Fsp3) is 0.370. The van der Waals surface area contributed by atoms with Gasteiger partial charge in [0.2, 0.25) is 5.91 Å². The Kier molecular flexibility index (Phi) is 6.20. The lowest BCUT2D eigenvalue weighted by molar-refractivity contribution is -0.131. The molecular formula is C27H28N4O3S. The number of carbonyl (C=O) groups is 1. The quantitative estimate of drug-likeness (QED) is 0.525. The van der Waals surface area contributed by atoms with E-state index in [9.17, 15) is 13.2 Å². The fourth-order valence-corrected chi connectivity index (χ4v) is 5.42. The number of pyridine rings is 1. The van der Waals surface area contributed by atoms with Crippen molar-refractivity contribution in [3.8, 4) is 17.2 Å². The van der Waals surface area contributed by atoms with Crippen molar-refractivity contribution >= 4 is 32.3 Å². The highest BCUT2D eigenvalue weighted by Crippen LogP contribution is 2.48. The third-order valence-electron chi connectivity index (χ3n) is 6.89. The summed E-state index contributed by atoms with van der Waals surface area (Å²) in [6.45, 7) is 2.56. The fourth-order valence-electron chi connectivity index (χ4n) is 4.87. The highest BCUT2D eigenvalue weighted by Gasteiger charge is 2.32. The van der Waals surface area contributed by atoms with Crippen molar-refractivity contribution in [3.05, 3.63) is 59.8 Å². The van der Waals surface area contributed by atoms with Crippen molar-refractivity contribution in [2.75, 3.05) is 43.1 Å². The molecule has 1 aliphatic heterocycles. The van der Waals surface area contributed by atoms with Crippen LogP contribution in [0, 0.1) is 11.3 Å². The molecule has 2 fully saturated rings. The number of sulfone groups is 1. The summed E-state index contributed by atoms with van der Waals surface area (Å²) in [4.78, 5) is 21.5. The van der Waals surface area contributed by atoms with Crippen LogP contribution in [-0.4, -0.2) is 62.4 Å². The zero-order valence-electron chi connectivity index (χ0n) is 19.8. The van der Waals surface area contributed by atoms with Crippen LogP contribution < -0.4 is 4.90 Å². The number of fused-ring (bicyclic) bond motifs is 1. The van der Waals surface area contributed by atoms with E-state index in [2.05, 4.69) is 29.2 Å². The first-order valence-corrected chi connectivity index (χ1v) is 14.0. The van der Waals surface area contributed by atoms with E-state index in [0.717, 1.165) is 41.4 Å². The predicted octanol–water partition coefficient (Wildman–Crippen LogP) is 3.73. The molecule has 0 radical (unpaired) electrons. The summed E-state index contributed by atoms with van der Waals surface area (Å²) in [5.41, 5.74) is 6.18. The van der Waals surface area contributed by atoms with E-state index in [1.807, 2.05) is 30.5 Å². The Labute approximate surface area is 205 Å². The number of rotatable bonds is 6. The number of aromatic nitrogens is 1. The molecule has 0 unspecified atom stereocenters. The van der Waals surface area contributed by atoms with Gasteiger partial charge in [0.15, 0.2) is 0 Å². The molecule has 0 spiro atoms. The average molecular weight is 489 g/mol. The first-order valence-electron chi connectivity index (χ1n) is 12.0. The number of amides is 1. The molecule has 8 heteroatoms. The summed E-state index contributed by atoms with van der Waals surface area (Å²) in [6.07, 6.45) is 5.51. The molecule has 5 rings (SSSR count). The molecule has 35 heavy (non-hydrogen) atoms. The molecule has 3 aromatic rings. The van der Waals surface area contributed by atoms with Gasteiger partial charge in [0.1, 0.15) is 9.84 Å². The van der Waals surface area contributed by atoms with Crippen molar-refractivity contribution in [2.45, 2.75) is 25.2 Å². The number of hydrogen-bond acceptors (Lipinski definition) is 6. The van der Waals surface area contributed by atoms with E-state index in [1.165, 1.54) is 10.9 Å². The van der Waals surface area contributed by atoms with Crippen LogP contribution in [0.3, 0.4) is 0 Å². The van der Waals surface area contributed by atoms with Gasteiger partial charge in [0.25, 0.3) is 0 Å². The Morgan fingerprint density at radius 3 is 2.43 bits per heavy atom. The van der Waals surface area contributed by atoms with Gasteiger partial charge in [-0.3, -0.25) is 9.78 Å². The molecule has 1 aromatic heterocycles. The van der Waals surface area contributed by atoms with Crippen molar-refractivity contribution in [3.63, 3.8) is 0 Å². The van der Waals surface area contributed by atoms with Crippen LogP contribution in [0.4, 0.5) is 5.69 Å². The minimum Gasteiger partial charge on any atom is -0.366 e. The van der Waals surface area contributed by atoms with Crippen molar-refractivity contribution < 1.29 is 13.2 Å². The summed E-state index contributed by atoms with van der Waals surface area (Å²) < 4.78 is 22.8. The van der Waals surface area contributed by atoms with Crippen LogP contribution in [0.15, 0.2) is 48.7 Å². The Morgan fingerprint density at radius 1 is 1.09 bits per heavy atom. The number of nitrogens with zero attached hydrogens (tertiary/aromatic N) is 4. The molecule has 7 nitrogen and oxygen atoms in total. The summed E-state index contributed by atoms with van der Waals surface area (Å²) in [6, 6.07) is 16.1. The molecule has 1 saturated heterocycles. The Bertz CT molecular complexity index is 1420. The van der Waals surface area contributed by atoms with Gasteiger partial charge in [0.05, 0.1) is 34.8 Å². The smallest absolute Gasteiger partial charge is 0.223 e. The highest BCUT2D eigenvalue weighted by molar-refractivity contribution is 7.90. The lowest BCUT2D eigenvalue weighted by Crippen LogP contribution is -2.49. The van der Waals surface area contributed by atoms with E-state index in [4.69, 9.17) is 10.2 Å². The maximum Gasteiger partial charge on any atom is 0.223 e. The second kappa shape index (κ2) is 9.31. The number of para-hydroxylation sites is 1. The largest absolute Gasteiger partial charge is 0.366 e. The standard InChI is InChI=1S/C27H28N4O3S/c1-35(33,34)16-11-25(32)31-14-12-30(13-15-31)24-18-29-27-22(20-7-5-19(17-28)6-8-20)3-2-4-23(27)26(24)21-9-10-21/h2-8,18,21H,9-16H2,1H3. The third kappa shape index (κ3) is 5.01. The Morgan fingerprint density at radius 2 is 1.80 bits per heavy atom. The predicted molar refractivity (Wildman–Crippen MR) is 137 cm³/mol. The maximum atomic E-state index is 12.5. The van der Waals surface area contributed by atoms with Gasteiger partial charge in [-0.1, -0.05) is 30.3 Å². The van der Waals surface area contributed by atoms with Crippen LogP contribution in [0.5, 0.6) is 0 Å². The topological polar surface area (TPSA) is 94.4 Å². The Hall–Kier alpha value is -3.44. The molecule has 1 amide bonds. The minimum atomic E-state index is -3.15. The second-order valence-corrected chi connectivity index (χ2v) is 11.7. The van der Waals surface area contributed by atoms with Crippen LogP contribution in [0.2, 0.25) is 0 Å². The van der Waals surface area contributed by atoms with Crippen LogP contribution in [-0.2, 0) is 14.6 Å². The zero-order valence-corrected chi connectivity index (χ0v) is 20.6. The maximum absolute atomic E-state index is 12.5. The van der Waals surface area contributed by atoms with E-state index >= 15 is 0 Å². The number of hydrogen-bond donors (Lipinski definition) is 0. The molecular weight excluding hydrogens is 460 g/mol. The molecule has 2 aliphatic rings. The van der Waals surface area contributed by atoms with Gasteiger partial charge >= 0.3 is 0 Å². The third-order valence-corrected chi connectivity index (χ3v) is 7.83. The van der Waals surface area contributed by atoms with Gasteiger partial charge in [-0.2, -0.15) is 5.26 Å². The lowest BCUT2D eigenvalue weighted by Gasteiger charge is -2.37. The molecule has 180 valence electrons. The summed E-state index contributed by atoms with van der Waals surface area (Å²) in [5, 5.41) is 10.3. The monoisotopic (exact) mass is 488 g/mol. The van der Waals surface area contributed by atoms with Gasteiger partial charge in [-0.25, -0.2) is 8.42 Å². The molecule has 0 bridgehead atoms. The van der Waals surface area contributed by atoms with Gasteiger partial charge in [-0.15, -0.1) is 0 Å². The SMILES string of the molecule is CS(=O)(=O)CCC(=O)N1CCN(c2cnc3c(-c4ccc(C#N)cc4)cccc3c2C2CC2)CC1. The van der Waals surface area contributed by atoms with Crippen molar-refractivity contribution in [1.29, 1.82) is 5.26 Å². The summed E-state index contributed by atoms with van der Waals surface area (Å²) in [5.74, 6) is 0.316. The minimum absolute atomic E-state index is 0.0435. The van der Waals surface area contributed by atoms with Crippen LogP contribution in [0.25, 0.3) is 22.0 Å². The molecule has 2 heterocycles. The normalized spacial score (nSPS) is 16.3. The number of carbonyl (C=O) groups excluding carboxylic acids is 1. The number of anilines is 1.